The van der Waals surface area contributed by atoms with E-state index in [1.165, 1.54) is 14.2 Å². The summed E-state index contributed by atoms with van der Waals surface area (Å²) in [5, 5.41) is 2.40. The van der Waals surface area contributed by atoms with Gasteiger partial charge in [-0.05, 0) is 18.1 Å². The lowest BCUT2D eigenvalue weighted by Gasteiger charge is -2.16. The lowest BCUT2D eigenvalue weighted by molar-refractivity contribution is -0.150. The van der Waals surface area contributed by atoms with Crippen molar-refractivity contribution in [3.8, 4) is 5.75 Å². The van der Waals surface area contributed by atoms with Gasteiger partial charge in [0.25, 0.3) is 5.91 Å². The van der Waals surface area contributed by atoms with Crippen LogP contribution in [-0.2, 0) is 30.3 Å². The van der Waals surface area contributed by atoms with Gasteiger partial charge < -0.3 is 19.5 Å². The molecule has 1 rings (SSSR count). The van der Waals surface area contributed by atoms with Crippen molar-refractivity contribution >= 4 is 17.8 Å². The molecule has 126 valence electrons. The van der Waals surface area contributed by atoms with Crippen molar-refractivity contribution in [2.24, 2.45) is 0 Å². The minimum Gasteiger partial charge on any atom is -0.483 e. The SMILES string of the molecule is CCc1ccccc1OCC(=O)N[C@H](CC(=O)OC)C(=O)OC. The number of carbonyl (C=O) groups is 3. The van der Waals surface area contributed by atoms with Gasteiger partial charge >= 0.3 is 11.9 Å². The molecular formula is C16H21NO6. The second-order valence-electron chi connectivity index (χ2n) is 4.67. The van der Waals surface area contributed by atoms with E-state index >= 15 is 0 Å². The third kappa shape index (κ3) is 5.98. The Bertz CT molecular complexity index is 557. The van der Waals surface area contributed by atoms with Crippen LogP contribution in [0.5, 0.6) is 5.75 Å². The highest BCUT2D eigenvalue weighted by atomic mass is 16.5. The normalized spacial score (nSPS) is 11.3. The molecule has 1 aromatic rings. The molecule has 23 heavy (non-hydrogen) atoms. The Balaban J connectivity index is 2.61. The Morgan fingerprint density at radius 1 is 1.13 bits per heavy atom. The maximum absolute atomic E-state index is 11.9. The summed E-state index contributed by atoms with van der Waals surface area (Å²) in [6.45, 7) is 1.71. The standard InChI is InChI=1S/C16H21NO6/c1-4-11-7-5-6-8-13(11)23-10-14(18)17-12(16(20)22-3)9-15(19)21-2/h5-8,12H,4,9-10H2,1-3H3,(H,17,18)/t12-/m1/s1. The van der Waals surface area contributed by atoms with Gasteiger partial charge in [0.05, 0.1) is 20.6 Å². The number of hydrogen-bond donors (Lipinski definition) is 1. The summed E-state index contributed by atoms with van der Waals surface area (Å²) in [5.41, 5.74) is 0.972. The van der Waals surface area contributed by atoms with Crippen molar-refractivity contribution in [3.05, 3.63) is 29.8 Å². The quantitative estimate of drug-likeness (QED) is 0.713. The van der Waals surface area contributed by atoms with Crippen LogP contribution in [0.2, 0.25) is 0 Å². The Morgan fingerprint density at radius 2 is 1.83 bits per heavy atom. The molecule has 0 fully saturated rings. The molecule has 0 aromatic heterocycles. The molecule has 7 nitrogen and oxygen atoms in total. The summed E-state index contributed by atoms with van der Waals surface area (Å²) in [6.07, 6.45) is 0.464. The zero-order valence-corrected chi connectivity index (χ0v) is 13.5. The smallest absolute Gasteiger partial charge is 0.328 e. The zero-order chi connectivity index (χ0) is 17.2. The van der Waals surface area contributed by atoms with Crippen LogP contribution in [0.25, 0.3) is 0 Å². The number of carbonyl (C=O) groups excluding carboxylic acids is 3. The van der Waals surface area contributed by atoms with E-state index in [1.807, 2.05) is 19.1 Å². The van der Waals surface area contributed by atoms with Crippen molar-refractivity contribution in [1.29, 1.82) is 0 Å². The number of nitrogens with one attached hydrogen (secondary N) is 1. The van der Waals surface area contributed by atoms with Crippen molar-refractivity contribution in [2.75, 3.05) is 20.8 Å². The largest absolute Gasteiger partial charge is 0.483 e. The van der Waals surface area contributed by atoms with Gasteiger partial charge in [-0.15, -0.1) is 0 Å². The highest BCUT2D eigenvalue weighted by Gasteiger charge is 2.25. The Labute approximate surface area is 134 Å². The van der Waals surface area contributed by atoms with Gasteiger partial charge in [0.15, 0.2) is 6.61 Å². The molecule has 0 radical (unpaired) electrons. The topological polar surface area (TPSA) is 90.9 Å². The second kappa shape index (κ2) is 9.45. The third-order valence-corrected chi connectivity index (χ3v) is 3.13. The number of hydrogen-bond acceptors (Lipinski definition) is 6. The van der Waals surface area contributed by atoms with Crippen LogP contribution >= 0.6 is 0 Å². The number of ether oxygens (including phenoxy) is 3. The molecule has 1 amide bonds. The van der Waals surface area contributed by atoms with E-state index in [1.54, 1.807) is 12.1 Å². The van der Waals surface area contributed by atoms with Crippen molar-refractivity contribution in [1.82, 2.24) is 5.32 Å². The average molecular weight is 323 g/mol. The number of aryl methyl sites for hydroxylation is 1. The first kappa shape index (κ1) is 18.5. The van der Waals surface area contributed by atoms with Crippen molar-refractivity contribution < 1.29 is 28.6 Å². The van der Waals surface area contributed by atoms with Gasteiger partial charge in [0.1, 0.15) is 11.8 Å². The lowest BCUT2D eigenvalue weighted by atomic mass is 10.1. The Morgan fingerprint density at radius 3 is 2.43 bits per heavy atom. The fourth-order valence-corrected chi connectivity index (χ4v) is 1.90. The maximum Gasteiger partial charge on any atom is 0.328 e. The van der Waals surface area contributed by atoms with Crippen LogP contribution in [-0.4, -0.2) is 44.7 Å². The van der Waals surface area contributed by atoms with Gasteiger partial charge in [0.2, 0.25) is 0 Å². The predicted molar refractivity (Wildman–Crippen MR) is 81.9 cm³/mol. The first-order chi connectivity index (χ1) is 11.0. The van der Waals surface area contributed by atoms with E-state index in [9.17, 15) is 14.4 Å². The van der Waals surface area contributed by atoms with Gasteiger partial charge in [-0.1, -0.05) is 25.1 Å². The number of benzene rings is 1. The molecule has 0 heterocycles. The summed E-state index contributed by atoms with van der Waals surface area (Å²) >= 11 is 0. The molecule has 0 unspecified atom stereocenters. The molecule has 1 aromatic carbocycles. The molecule has 0 spiro atoms. The van der Waals surface area contributed by atoms with Crippen molar-refractivity contribution in [2.45, 2.75) is 25.8 Å². The molecule has 0 saturated heterocycles. The first-order valence-corrected chi connectivity index (χ1v) is 7.16. The fraction of sp³-hybridized carbons (Fsp3) is 0.438. The predicted octanol–water partition coefficient (Wildman–Crippen LogP) is 0.849. The maximum atomic E-state index is 11.9. The van der Waals surface area contributed by atoms with E-state index in [0.29, 0.717) is 5.75 Å². The molecular weight excluding hydrogens is 302 g/mol. The van der Waals surface area contributed by atoms with E-state index in [-0.39, 0.29) is 13.0 Å². The van der Waals surface area contributed by atoms with Crippen molar-refractivity contribution in [3.63, 3.8) is 0 Å². The second-order valence-corrected chi connectivity index (χ2v) is 4.67. The van der Waals surface area contributed by atoms with Crippen LogP contribution in [0.15, 0.2) is 24.3 Å². The molecule has 0 aliphatic carbocycles. The molecule has 7 heteroatoms. The summed E-state index contributed by atoms with van der Waals surface area (Å²) in [5.74, 6) is -1.28. The Hall–Kier alpha value is -2.57. The Kier molecular flexibility index (Phi) is 7.59. The van der Waals surface area contributed by atoms with E-state index in [2.05, 4.69) is 14.8 Å². The molecule has 1 N–H and O–H groups in total. The average Bonchev–Trinajstić information content (AvgIpc) is 2.58. The monoisotopic (exact) mass is 323 g/mol. The summed E-state index contributed by atoms with van der Waals surface area (Å²) < 4.78 is 14.5. The first-order valence-electron chi connectivity index (χ1n) is 7.16. The zero-order valence-electron chi connectivity index (χ0n) is 13.5. The molecule has 0 saturated carbocycles. The van der Waals surface area contributed by atoms with Crippen LogP contribution in [0, 0.1) is 0 Å². The minimum absolute atomic E-state index is 0.272. The molecule has 0 bridgehead atoms. The van der Waals surface area contributed by atoms with Gasteiger partial charge in [-0.3, -0.25) is 9.59 Å². The van der Waals surface area contributed by atoms with Crippen LogP contribution in [0.4, 0.5) is 0 Å². The number of esters is 2. The number of rotatable bonds is 8. The van der Waals surface area contributed by atoms with Crippen LogP contribution in [0.1, 0.15) is 18.9 Å². The van der Waals surface area contributed by atoms with Gasteiger partial charge in [-0.2, -0.15) is 0 Å². The minimum atomic E-state index is -1.11. The summed E-state index contributed by atoms with van der Waals surface area (Å²) in [4.78, 5) is 34.8. The van der Waals surface area contributed by atoms with Gasteiger partial charge in [-0.25, -0.2) is 4.79 Å². The lowest BCUT2D eigenvalue weighted by Crippen LogP contribution is -2.45. The van der Waals surface area contributed by atoms with Crippen LogP contribution < -0.4 is 10.1 Å². The van der Waals surface area contributed by atoms with Crippen LogP contribution in [0.3, 0.4) is 0 Å². The highest BCUT2D eigenvalue weighted by Crippen LogP contribution is 2.17. The number of para-hydroxylation sites is 1. The summed E-state index contributed by atoms with van der Waals surface area (Å²) in [7, 11) is 2.37. The highest BCUT2D eigenvalue weighted by molar-refractivity contribution is 5.88. The van der Waals surface area contributed by atoms with E-state index in [0.717, 1.165) is 12.0 Å². The van der Waals surface area contributed by atoms with E-state index in [4.69, 9.17) is 4.74 Å². The molecule has 1 atom stereocenters. The summed E-state index contributed by atoms with van der Waals surface area (Å²) in [6, 6.07) is 6.25. The molecule has 0 aliphatic heterocycles. The van der Waals surface area contributed by atoms with E-state index < -0.39 is 23.9 Å². The third-order valence-electron chi connectivity index (χ3n) is 3.13. The fourth-order valence-electron chi connectivity index (χ4n) is 1.90. The van der Waals surface area contributed by atoms with Gasteiger partial charge in [0, 0.05) is 0 Å². The number of methoxy groups -OCH3 is 2. The molecule has 0 aliphatic rings. The number of amides is 1.